The first-order valence-corrected chi connectivity index (χ1v) is 8.49. The molecule has 0 unspecified atom stereocenters. The number of unbranched alkanes of at least 4 members (excludes halogenated alkanes) is 1. The van der Waals surface area contributed by atoms with Gasteiger partial charge in [0.25, 0.3) is 0 Å². The number of hydrogen-bond donors (Lipinski definition) is 2. The van der Waals surface area contributed by atoms with Gasteiger partial charge in [0, 0.05) is 18.6 Å². The van der Waals surface area contributed by atoms with Gasteiger partial charge in [0.05, 0.1) is 0 Å². The molecule has 0 aromatic carbocycles. The number of nitrogens with two attached hydrogens (primary N) is 1. The summed E-state index contributed by atoms with van der Waals surface area (Å²) in [5.74, 6) is 0. The van der Waals surface area contributed by atoms with Crippen LogP contribution in [0.4, 0.5) is 0 Å². The molecule has 0 heterocycles. The average molecular weight is 278 g/mol. The first kappa shape index (κ1) is 17.5. The van der Waals surface area contributed by atoms with Crippen molar-refractivity contribution in [2.24, 2.45) is 5.73 Å². The van der Waals surface area contributed by atoms with Gasteiger partial charge in [-0.2, -0.15) is 0 Å². The maximum atomic E-state index is 5.94. The fourth-order valence-electron chi connectivity index (χ4n) is 2.73. The van der Waals surface area contributed by atoms with Crippen LogP contribution in [-0.4, -0.2) is 18.6 Å². The van der Waals surface area contributed by atoms with E-state index in [1.165, 1.54) is 56.9 Å². The third kappa shape index (κ3) is 7.25. The van der Waals surface area contributed by atoms with Gasteiger partial charge in [-0.05, 0) is 51.9 Å². The van der Waals surface area contributed by atoms with E-state index >= 15 is 0 Å². The van der Waals surface area contributed by atoms with Crippen LogP contribution in [0.2, 0.25) is 0 Å². The normalized spacial score (nSPS) is 25.0. The molecule has 1 saturated carbocycles. The van der Waals surface area contributed by atoms with E-state index in [0.29, 0.717) is 12.1 Å². The van der Waals surface area contributed by atoms with Crippen LogP contribution >= 0.6 is 0 Å². The Labute approximate surface area is 125 Å². The smallest absolute Gasteiger partial charge is 0.0167 e. The van der Waals surface area contributed by atoms with Gasteiger partial charge < -0.3 is 11.1 Å². The maximum absolute atomic E-state index is 5.94. The molecular formula is C18H34N2. The summed E-state index contributed by atoms with van der Waals surface area (Å²) in [5, 5.41) is 3.67. The molecule has 0 aromatic heterocycles. The molecule has 116 valence electrons. The largest absolute Gasteiger partial charge is 0.328 e. The summed E-state index contributed by atoms with van der Waals surface area (Å²) in [5.41, 5.74) is 8.95. The second kappa shape index (κ2) is 10.2. The third-order valence-corrected chi connectivity index (χ3v) is 4.35. The Bertz CT molecular complexity index is 309. The van der Waals surface area contributed by atoms with E-state index in [9.17, 15) is 0 Å². The van der Waals surface area contributed by atoms with Crippen molar-refractivity contribution in [3.05, 3.63) is 23.3 Å². The van der Waals surface area contributed by atoms with Crippen molar-refractivity contribution in [3.8, 4) is 0 Å². The SMILES string of the molecule is CCCC/C(=C/C=C(\C)CNC1CCC(N)CC1)CC. The van der Waals surface area contributed by atoms with E-state index in [4.69, 9.17) is 5.73 Å². The van der Waals surface area contributed by atoms with E-state index in [0.717, 1.165) is 6.54 Å². The Kier molecular flexibility index (Phi) is 8.88. The summed E-state index contributed by atoms with van der Waals surface area (Å²) in [7, 11) is 0. The van der Waals surface area contributed by atoms with Gasteiger partial charge in [-0.25, -0.2) is 0 Å². The Hall–Kier alpha value is -0.600. The molecule has 3 N–H and O–H groups in total. The number of nitrogens with one attached hydrogen (secondary N) is 1. The van der Waals surface area contributed by atoms with Gasteiger partial charge in [0.1, 0.15) is 0 Å². The predicted molar refractivity (Wildman–Crippen MR) is 89.9 cm³/mol. The van der Waals surface area contributed by atoms with Crippen LogP contribution in [0.3, 0.4) is 0 Å². The molecule has 1 fully saturated rings. The molecule has 0 amide bonds. The highest BCUT2D eigenvalue weighted by Gasteiger charge is 2.17. The summed E-state index contributed by atoms with van der Waals surface area (Å²) in [6.07, 6.45) is 14.5. The van der Waals surface area contributed by atoms with Crippen LogP contribution in [0, 0.1) is 0 Å². The Balaban J connectivity index is 2.31. The highest BCUT2D eigenvalue weighted by molar-refractivity contribution is 5.17. The van der Waals surface area contributed by atoms with Gasteiger partial charge >= 0.3 is 0 Å². The van der Waals surface area contributed by atoms with Crippen LogP contribution in [0.1, 0.15) is 72.1 Å². The van der Waals surface area contributed by atoms with Crippen LogP contribution in [-0.2, 0) is 0 Å². The quantitative estimate of drug-likeness (QED) is 0.649. The zero-order valence-corrected chi connectivity index (χ0v) is 13.8. The fourth-order valence-corrected chi connectivity index (χ4v) is 2.73. The summed E-state index contributed by atoms with van der Waals surface area (Å²) in [4.78, 5) is 0. The molecule has 2 heteroatoms. The summed E-state index contributed by atoms with van der Waals surface area (Å²) >= 11 is 0. The molecule has 1 aliphatic carbocycles. The van der Waals surface area contributed by atoms with Gasteiger partial charge in [-0.3, -0.25) is 0 Å². The first-order chi connectivity index (χ1) is 9.65. The predicted octanol–water partition coefficient (Wildman–Crippen LogP) is 4.32. The summed E-state index contributed by atoms with van der Waals surface area (Å²) in [6, 6.07) is 1.12. The molecule has 2 nitrogen and oxygen atoms in total. The molecule has 1 rings (SSSR count). The van der Waals surface area contributed by atoms with Crippen molar-refractivity contribution in [2.45, 2.75) is 84.2 Å². The second-order valence-corrected chi connectivity index (χ2v) is 6.29. The lowest BCUT2D eigenvalue weighted by Crippen LogP contribution is -2.37. The lowest BCUT2D eigenvalue weighted by molar-refractivity contribution is 0.350. The molecule has 20 heavy (non-hydrogen) atoms. The Morgan fingerprint density at radius 2 is 1.85 bits per heavy atom. The van der Waals surface area contributed by atoms with Crippen molar-refractivity contribution in [3.63, 3.8) is 0 Å². The van der Waals surface area contributed by atoms with Crippen molar-refractivity contribution < 1.29 is 0 Å². The zero-order valence-electron chi connectivity index (χ0n) is 13.8. The molecule has 0 spiro atoms. The molecule has 0 radical (unpaired) electrons. The van der Waals surface area contributed by atoms with Gasteiger partial charge in [-0.15, -0.1) is 0 Å². The van der Waals surface area contributed by atoms with Crippen molar-refractivity contribution in [1.82, 2.24) is 5.32 Å². The third-order valence-electron chi connectivity index (χ3n) is 4.35. The van der Waals surface area contributed by atoms with E-state index in [1.807, 2.05) is 0 Å². The van der Waals surface area contributed by atoms with E-state index < -0.39 is 0 Å². The number of allylic oxidation sites excluding steroid dienone is 3. The van der Waals surface area contributed by atoms with Crippen LogP contribution in [0.15, 0.2) is 23.3 Å². The second-order valence-electron chi connectivity index (χ2n) is 6.29. The van der Waals surface area contributed by atoms with E-state index in [2.05, 4.69) is 38.2 Å². The highest BCUT2D eigenvalue weighted by Crippen LogP contribution is 2.17. The molecule has 0 saturated heterocycles. The van der Waals surface area contributed by atoms with Crippen molar-refractivity contribution in [2.75, 3.05) is 6.54 Å². The fraction of sp³-hybridized carbons (Fsp3) is 0.778. The summed E-state index contributed by atoms with van der Waals surface area (Å²) < 4.78 is 0. The van der Waals surface area contributed by atoms with E-state index in [1.54, 1.807) is 5.57 Å². The molecule has 0 aliphatic heterocycles. The number of rotatable bonds is 8. The molecule has 0 bridgehead atoms. The van der Waals surface area contributed by atoms with Gasteiger partial charge in [-0.1, -0.05) is 43.6 Å². The van der Waals surface area contributed by atoms with Gasteiger partial charge in [0.2, 0.25) is 0 Å². The molecule has 1 aliphatic rings. The first-order valence-electron chi connectivity index (χ1n) is 8.49. The van der Waals surface area contributed by atoms with Gasteiger partial charge in [0.15, 0.2) is 0 Å². The molecular weight excluding hydrogens is 244 g/mol. The zero-order chi connectivity index (χ0) is 14.8. The average Bonchev–Trinajstić information content (AvgIpc) is 2.47. The topological polar surface area (TPSA) is 38.0 Å². The van der Waals surface area contributed by atoms with Crippen LogP contribution in [0.25, 0.3) is 0 Å². The summed E-state index contributed by atoms with van der Waals surface area (Å²) in [6.45, 7) is 7.76. The monoisotopic (exact) mass is 278 g/mol. The molecule has 0 atom stereocenters. The van der Waals surface area contributed by atoms with Crippen LogP contribution in [0.5, 0.6) is 0 Å². The van der Waals surface area contributed by atoms with Crippen molar-refractivity contribution in [1.29, 1.82) is 0 Å². The van der Waals surface area contributed by atoms with Crippen LogP contribution < -0.4 is 11.1 Å². The molecule has 0 aromatic rings. The van der Waals surface area contributed by atoms with E-state index in [-0.39, 0.29) is 0 Å². The minimum absolute atomic E-state index is 0.443. The van der Waals surface area contributed by atoms with Crippen molar-refractivity contribution >= 4 is 0 Å². The Morgan fingerprint density at radius 1 is 1.15 bits per heavy atom. The standard InChI is InChI=1S/C18H34N2/c1-4-6-7-16(5-2)9-8-15(3)14-20-18-12-10-17(19)11-13-18/h8-9,17-18,20H,4-7,10-14,19H2,1-3H3/b15-8+,16-9+. The lowest BCUT2D eigenvalue weighted by Gasteiger charge is -2.27. The minimum atomic E-state index is 0.443. The number of hydrogen-bond acceptors (Lipinski definition) is 2. The Morgan fingerprint density at radius 3 is 2.45 bits per heavy atom. The minimum Gasteiger partial charge on any atom is -0.328 e. The highest BCUT2D eigenvalue weighted by atomic mass is 14.9. The lowest BCUT2D eigenvalue weighted by atomic mass is 9.92. The maximum Gasteiger partial charge on any atom is 0.0167 e.